The Morgan fingerprint density at radius 2 is 2.23 bits per heavy atom. The van der Waals surface area contributed by atoms with Gasteiger partial charge in [-0.2, -0.15) is 13.9 Å². The van der Waals surface area contributed by atoms with Crippen LogP contribution in [0, 0.1) is 0 Å². The Morgan fingerprint density at radius 1 is 1.45 bits per heavy atom. The van der Waals surface area contributed by atoms with E-state index in [0.29, 0.717) is 11.0 Å². The minimum absolute atomic E-state index is 0.0391. The van der Waals surface area contributed by atoms with Gasteiger partial charge in [0.25, 0.3) is 5.91 Å². The standard InChI is InChI=1S/C14H14BrF2N3O2/c1-2-20-10(5-6-19-20)8-18-13(21)11-7-9(15)3-4-12(11)22-14(16)17/h3-7,14H,2,8H2,1H3,(H,18,21). The van der Waals surface area contributed by atoms with Crippen molar-refractivity contribution in [2.45, 2.75) is 26.6 Å². The van der Waals surface area contributed by atoms with Crippen LogP contribution in [0.2, 0.25) is 0 Å². The van der Waals surface area contributed by atoms with E-state index in [0.717, 1.165) is 5.69 Å². The molecule has 0 atom stereocenters. The van der Waals surface area contributed by atoms with Crippen molar-refractivity contribution in [3.05, 3.63) is 46.2 Å². The van der Waals surface area contributed by atoms with Crippen LogP contribution in [0.1, 0.15) is 23.0 Å². The predicted octanol–water partition coefficient (Wildman–Crippen LogP) is 3.20. The Kier molecular flexibility index (Phi) is 5.48. The summed E-state index contributed by atoms with van der Waals surface area (Å²) in [5.74, 6) is -0.666. The molecule has 0 saturated heterocycles. The van der Waals surface area contributed by atoms with Gasteiger partial charge in [0.1, 0.15) is 5.75 Å². The highest BCUT2D eigenvalue weighted by molar-refractivity contribution is 9.10. The lowest BCUT2D eigenvalue weighted by atomic mass is 10.2. The summed E-state index contributed by atoms with van der Waals surface area (Å²) in [7, 11) is 0. The average molecular weight is 374 g/mol. The van der Waals surface area contributed by atoms with E-state index in [1.165, 1.54) is 18.2 Å². The van der Waals surface area contributed by atoms with Crippen LogP contribution in [0.5, 0.6) is 5.75 Å². The lowest BCUT2D eigenvalue weighted by Gasteiger charge is -2.12. The van der Waals surface area contributed by atoms with Crippen LogP contribution in [0.25, 0.3) is 0 Å². The molecule has 0 fully saturated rings. The van der Waals surface area contributed by atoms with E-state index in [2.05, 4.69) is 31.1 Å². The highest BCUT2D eigenvalue weighted by atomic mass is 79.9. The van der Waals surface area contributed by atoms with Gasteiger partial charge in [-0.25, -0.2) is 0 Å². The summed E-state index contributed by atoms with van der Waals surface area (Å²) in [4.78, 5) is 12.2. The number of aryl methyl sites for hydroxylation is 1. The van der Waals surface area contributed by atoms with Crippen molar-refractivity contribution in [1.82, 2.24) is 15.1 Å². The van der Waals surface area contributed by atoms with E-state index in [4.69, 9.17) is 0 Å². The van der Waals surface area contributed by atoms with Gasteiger partial charge in [-0.05, 0) is 31.2 Å². The van der Waals surface area contributed by atoms with Gasteiger partial charge in [-0.3, -0.25) is 9.48 Å². The number of benzene rings is 1. The van der Waals surface area contributed by atoms with Crippen LogP contribution in [-0.4, -0.2) is 22.3 Å². The topological polar surface area (TPSA) is 56.2 Å². The molecule has 0 aliphatic heterocycles. The number of carbonyl (C=O) groups excluding carboxylic acids is 1. The summed E-state index contributed by atoms with van der Waals surface area (Å²) in [6.45, 7) is -0.141. The molecule has 1 N–H and O–H groups in total. The number of amides is 1. The maximum Gasteiger partial charge on any atom is 0.387 e. The number of alkyl halides is 2. The van der Waals surface area contributed by atoms with Crippen LogP contribution < -0.4 is 10.1 Å². The molecule has 2 aromatic rings. The zero-order valence-corrected chi connectivity index (χ0v) is 13.3. The van der Waals surface area contributed by atoms with Gasteiger partial charge in [0, 0.05) is 17.2 Å². The smallest absolute Gasteiger partial charge is 0.387 e. The molecule has 1 amide bonds. The van der Waals surface area contributed by atoms with Crippen LogP contribution in [0.3, 0.4) is 0 Å². The van der Waals surface area contributed by atoms with Crippen molar-refractivity contribution in [2.75, 3.05) is 0 Å². The Bertz CT molecular complexity index is 661. The molecule has 0 unspecified atom stereocenters. The highest BCUT2D eigenvalue weighted by Gasteiger charge is 2.16. The van der Waals surface area contributed by atoms with Crippen LogP contribution in [0.15, 0.2) is 34.9 Å². The second-order valence-corrected chi connectivity index (χ2v) is 5.26. The van der Waals surface area contributed by atoms with Crippen molar-refractivity contribution < 1.29 is 18.3 Å². The van der Waals surface area contributed by atoms with Gasteiger partial charge in [-0.1, -0.05) is 15.9 Å². The number of nitrogens with one attached hydrogen (secondary N) is 1. The van der Waals surface area contributed by atoms with Crippen molar-refractivity contribution in [2.24, 2.45) is 0 Å². The molecule has 2 rings (SSSR count). The fourth-order valence-corrected chi connectivity index (χ4v) is 2.30. The van der Waals surface area contributed by atoms with Gasteiger partial charge >= 0.3 is 6.61 Å². The molecule has 1 aromatic carbocycles. The van der Waals surface area contributed by atoms with Gasteiger partial charge in [0.2, 0.25) is 0 Å². The Hall–Kier alpha value is -1.96. The second-order valence-electron chi connectivity index (χ2n) is 4.34. The third-order valence-corrected chi connectivity index (χ3v) is 3.43. The summed E-state index contributed by atoms with van der Waals surface area (Å²) in [6, 6.07) is 6.06. The predicted molar refractivity (Wildman–Crippen MR) is 79.8 cm³/mol. The zero-order chi connectivity index (χ0) is 16.1. The highest BCUT2D eigenvalue weighted by Crippen LogP contribution is 2.24. The minimum atomic E-state index is -2.99. The first kappa shape index (κ1) is 16.4. The van der Waals surface area contributed by atoms with E-state index in [-0.39, 0.29) is 17.9 Å². The monoisotopic (exact) mass is 373 g/mol. The summed E-state index contributed by atoms with van der Waals surface area (Å²) >= 11 is 3.21. The van der Waals surface area contributed by atoms with Gasteiger partial charge < -0.3 is 10.1 Å². The number of aromatic nitrogens is 2. The molecule has 8 heteroatoms. The van der Waals surface area contributed by atoms with Crippen molar-refractivity contribution in [1.29, 1.82) is 0 Å². The number of carbonyl (C=O) groups is 1. The number of rotatable bonds is 6. The number of ether oxygens (including phenoxy) is 1. The fraction of sp³-hybridized carbons (Fsp3) is 0.286. The van der Waals surface area contributed by atoms with E-state index in [1.54, 1.807) is 16.9 Å². The molecule has 118 valence electrons. The summed E-state index contributed by atoms with van der Waals surface area (Å²) in [5.41, 5.74) is 0.861. The van der Waals surface area contributed by atoms with Crippen molar-refractivity contribution in [3.63, 3.8) is 0 Å². The average Bonchev–Trinajstić information content (AvgIpc) is 2.93. The van der Waals surface area contributed by atoms with E-state index in [9.17, 15) is 13.6 Å². The van der Waals surface area contributed by atoms with Gasteiger partial charge in [-0.15, -0.1) is 0 Å². The van der Waals surface area contributed by atoms with E-state index < -0.39 is 12.5 Å². The molecule has 5 nitrogen and oxygen atoms in total. The first-order valence-electron chi connectivity index (χ1n) is 6.54. The molecule has 0 spiro atoms. The first-order valence-corrected chi connectivity index (χ1v) is 7.33. The number of hydrogen-bond donors (Lipinski definition) is 1. The fourth-order valence-electron chi connectivity index (χ4n) is 1.94. The molecule has 0 aliphatic carbocycles. The second kappa shape index (κ2) is 7.35. The zero-order valence-electron chi connectivity index (χ0n) is 11.7. The van der Waals surface area contributed by atoms with E-state index >= 15 is 0 Å². The number of halogens is 3. The minimum Gasteiger partial charge on any atom is -0.434 e. The van der Waals surface area contributed by atoms with Crippen LogP contribution in [0.4, 0.5) is 8.78 Å². The summed E-state index contributed by atoms with van der Waals surface area (Å²) in [5, 5.41) is 6.76. The van der Waals surface area contributed by atoms with Crippen LogP contribution in [-0.2, 0) is 13.1 Å². The summed E-state index contributed by atoms with van der Waals surface area (Å²) in [6.07, 6.45) is 1.63. The van der Waals surface area contributed by atoms with Gasteiger partial charge in [0.15, 0.2) is 0 Å². The molecule has 0 aliphatic rings. The third kappa shape index (κ3) is 4.03. The number of nitrogens with zero attached hydrogens (tertiary/aromatic N) is 2. The quantitative estimate of drug-likeness (QED) is 0.845. The molecule has 0 saturated carbocycles. The normalized spacial score (nSPS) is 10.8. The molecular formula is C14H14BrF2N3O2. The molecule has 1 heterocycles. The molecule has 0 radical (unpaired) electrons. The summed E-state index contributed by atoms with van der Waals surface area (Å²) < 4.78 is 31.5. The maximum absolute atomic E-state index is 12.4. The lowest BCUT2D eigenvalue weighted by Crippen LogP contribution is -2.25. The lowest BCUT2D eigenvalue weighted by molar-refractivity contribution is -0.0501. The molecule has 1 aromatic heterocycles. The van der Waals surface area contributed by atoms with E-state index in [1.807, 2.05) is 6.92 Å². The first-order chi connectivity index (χ1) is 10.5. The van der Waals surface area contributed by atoms with Gasteiger partial charge in [0.05, 0.1) is 17.8 Å². The molecule has 22 heavy (non-hydrogen) atoms. The largest absolute Gasteiger partial charge is 0.434 e. The maximum atomic E-state index is 12.4. The SMILES string of the molecule is CCn1nccc1CNC(=O)c1cc(Br)ccc1OC(F)F. The Balaban J connectivity index is 2.13. The Morgan fingerprint density at radius 3 is 2.91 bits per heavy atom. The number of hydrogen-bond acceptors (Lipinski definition) is 3. The van der Waals surface area contributed by atoms with Crippen molar-refractivity contribution >= 4 is 21.8 Å². The molecule has 0 bridgehead atoms. The molecular weight excluding hydrogens is 360 g/mol. The Labute approximate surface area is 134 Å². The van der Waals surface area contributed by atoms with Crippen LogP contribution >= 0.6 is 15.9 Å². The van der Waals surface area contributed by atoms with Crippen molar-refractivity contribution in [3.8, 4) is 5.75 Å². The third-order valence-electron chi connectivity index (χ3n) is 2.94.